The normalized spacial score (nSPS) is 25.6. The van der Waals surface area contributed by atoms with Gasteiger partial charge in [0.05, 0.1) is 12.1 Å². The summed E-state index contributed by atoms with van der Waals surface area (Å²) in [5.41, 5.74) is 8.91. The third-order valence-corrected chi connectivity index (χ3v) is 6.42. The average molecular weight is 442 g/mol. The highest BCUT2D eigenvalue weighted by Gasteiger charge is 2.56. The van der Waals surface area contributed by atoms with Crippen molar-refractivity contribution < 1.29 is 9.18 Å². The van der Waals surface area contributed by atoms with Gasteiger partial charge in [-0.25, -0.2) is 15.2 Å². The number of amides is 1. The van der Waals surface area contributed by atoms with E-state index in [1.165, 1.54) is 12.1 Å². The van der Waals surface area contributed by atoms with Crippen LogP contribution in [-0.2, 0) is 4.79 Å². The van der Waals surface area contributed by atoms with E-state index in [0.29, 0.717) is 10.0 Å². The molecule has 5 rings (SSSR count). The molecule has 0 aromatic heterocycles. The number of rotatable bonds is 3. The molecular weight excluding hydrogens is 424 g/mol. The van der Waals surface area contributed by atoms with Gasteiger partial charge in [-0.2, -0.15) is 0 Å². The second-order valence-electron chi connectivity index (χ2n) is 7.53. The molecule has 0 radical (unpaired) electrons. The summed E-state index contributed by atoms with van der Waals surface area (Å²) in [7, 11) is 0. The fraction of sp³-hybridized carbons (Fsp3) is 0.174. The fourth-order valence-corrected chi connectivity index (χ4v) is 5.07. The van der Waals surface area contributed by atoms with Gasteiger partial charge in [-0.3, -0.25) is 4.79 Å². The molecule has 152 valence electrons. The molecule has 2 aliphatic rings. The number of halogens is 3. The zero-order chi connectivity index (χ0) is 20.8. The van der Waals surface area contributed by atoms with Gasteiger partial charge in [0.2, 0.25) is 5.91 Å². The summed E-state index contributed by atoms with van der Waals surface area (Å²) in [6.45, 7) is 0. The number of nitrogens with zero attached hydrogens (tertiary/aromatic N) is 1. The molecule has 4 unspecified atom stereocenters. The van der Waals surface area contributed by atoms with Crippen LogP contribution in [0.5, 0.6) is 0 Å². The molecule has 0 bridgehead atoms. The molecule has 3 aromatic rings. The molecule has 0 aliphatic carbocycles. The Morgan fingerprint density at radius 1 is 0.867 bits per heavy atom. The van der Waals surface area contributed by atoms with Crippen LogP contribution in [-0.4, -0.2) is 11.9 Å². The summed E-state index contributed by atoms with van der Waals surface area (Å²) in [6, 6.07) is 20.3. The minimum absolute atomic E-state index is 0.0423. The molecule has 2 heterocycles. The minimum Gasteiger partial charge on any atom is -0.303 e. The lowest BCUT2D eigenvalue weighted by Crippen LogP contribution is -2.41. The van der Waals surface area contributed by atoms with Gasteiger partial charge in [0, 0.05) is 21.7 Å². The smallest absolute Gasteiger partial charge is 0.246 e. The van der Waals surface area contributed by atoms with E-state index in [2.05, 4.69) is 10.9 Å². The molecule has 7 heteroatoms. The first kappa shape index (κ1) is 19.5. The van der Waals surface area contributed by atoms with Crippen LogP contribution >= 0.6 is 23.2 Å². The van der Waals surface area contributed by atoms with Crippen LogP contribution in [0.1, 0.15) is 23.2 Å². The van der Waals surface area contributed by atoms with Crippen molar-refractivity contribution in [2.45, 2.75) is 18.1 Å². The maximum atomic E-state index is 13.5. The van der Waals surface area contributed by atoms with E-state index >= 15 is 0 Å². The van der Waals surface area contributed by atoms with E-state index in [4.69, 9.17) is 23.2 Å². The second-order valence-corrected chi connectivity index (χ2v) is 8.37. The molecule has 1 amide bonds. The minimum atomic E-state index is -0.447. The number of hydrogen-bond acceptors (Lipinski definition) is 3. The molecule has 30 heavy (non-hydrogen) atoms. The van der Waals surface area contributed by atoms with E-state index in [1.807, 2.05) is 36.4 Å². The molecule has 2 saturated heterocycles. The Hall–Kier alpha value is -2.44. The van der Waals surface area contributed by atoms with Crippen molar-refractivity contribution in [3.05, 3.63) is 99.8 Å². The maximum absolute atomic E-state index is 13.5. The lowest BCUT2D eigenvalue weighted by Gasteiger charge is -2.32. The van der Waals surface area contributed by atoms with Crippen molar-refractivity contribution in [2.24, 2.45) is 5.92 Å². The number of anilines is 1. The Kier molecular flexibility index (Phi) is 4.99. The highest BCUT2D eigenvalue weighted by Crippen LogP contribution is 2.50. The van der Waals surface area contributed by atoms with Crippen LogP contribution in [0.25, 0.3) is 0 Å². The molecule has 0 saturated carbocycles. The van der Waals surface area contributed by atoms with E-state index in [-0.39, 0.29) is 29.7 Å². The number of carbonyl (C=O) groups excluding carboxylic acids is 1. The van der Waals surface area contributed by atoms with Crippen molar-refractivity contribution in [1.29, 1.82) is 0 Å². The maximum Gasteiger partial charge on any atom is 0.246 e. The molecule has 4 nitrogen and oxygen atoms in total. The number of hydrogen-bond donors (Lipinski definition) is 2. The van der Waals surface area contributed by atoms with Crippen LogP contribution in [0.4, 0.5) is 10.1 Å². The topological polar surface area (TPSA) is 44.4 Å². The lowest BCUT2D eigenvalue weighted by molar-refractivity contribution is -0.119. The quantitative estimate of drug-likeness (QED) is 0.597. The monoisotopic (exact) mass is 441 g/mol. The third kappa shape index (κ3) is 3.19. The van der Waals surface area contributed by atoms with Gasteiger partial charge in [0.25, 0.3) is 0 Å². The number of fused-ring (bicyclic) bond motifs is 1. The first-order chi connectivity index (χ1) is 14.5. The molecule has 0 spiro atoms. The highest BCUT2D eigenvalue weighted by molar-refractivity contribution is 6.35. The summed E-state index contributed by atoms with van der Waals surface area (Å²) < 4.78 is 13.5. The summed E-state index contributed by atoms with van der Waals surface area (Å²) in [6.07, 6.45) is 0. The Labute approximate surface area is 183 Å². The second kappa shape index (κ2) is 7.67. The third-order valence-electron chi connectivity index (χ3n) is 5.86. The standard InChI is InChI=1S/C23H18Cl2FN3O/c24-14-8-11-17(18(25)12-14)22-19-20(13-6-9-15(26)10-7-13)27-28-21(19)23(30)29(22)16-4-2-1-3-5-16/h1-12,19-22,27-28H. The number of carbonyl (C=O) groups is 1. The zero-order valence-electron chi connectivity index (χ0n) is 15.7. The molecule has 2 fully saturated rings. The molecule has 2 aliphatic heterocycles. The summed E-state index contributed by atoms with van der Waals surface area (Å²) in [5, 5.41) is 1.04. The Morgan fingerprint density at radius 2 is 1.57 bits per heavy atom. The van der Waals surface area contributed by atoms with Crippen molar-refractivity contribution in [2.75, 3.05) is 4.90 Å². The van der Waals surface area contributed by atoms with Crippen molar-refractivity contribution in [3.63, 3.8) is 0 Å². The van der Waals surface area contributed by atoms with Crippen molar-refractivity contribution in [3.8, 4) is 0 Å². The van der Waals surface area contributed by atoms with Crippen LogP contribution in [0.2, 0.25) is 10.0 Å². The Morgan fingerprint density at radius 3 is 2.27 bits per heavy atom. The molecule has 3 aromatic carbocycles. The molecule has 2 N–H and O–H groups in total. The van der Waals surface area contributed by atoms with E-state index < -0.39 is 6.04 Å². The zero-order valence-corrected chi connectivity index (χ0v) is 17.2. The van der Waals surface area contributed by atoms with Crippen molar-refractivity contribution >= 4 is 34.8 Å². The van der Waals surface area contributed by atoms with Crippen LogP contribution < -0.4 is 15.8 Å². The summed E-state index contributed by atoms with van der Waals surface area (Å²) in [4.78, 5) is 15.3. The van der Waals surface area contributed by atoms with E-state index in [9.17, 15) is 9.18 Å². The molecular formula is C23H18Cl2FN3O. The number of nitrogens with one attached hydrogen (secondary N) is 2. The van der Waals surface area contributed by atoms with Crippen LogP contribution in [0.3, 0.4) is 0 Å². The van der Waals surface area contributed by atoms with Gasteiger partial charge in [0.15, 0.2) is 0 Å². The first-order valence-corrected chi connectivity index (χ1v) is 10.4. The average Bonchev–Trinajstić information content (AvgIpc) is 3.29. The predicted octanol–water partition coefficient (Wildman–Crippen LogP) is 5.05. The van der Waals surface area contributed by atoms with Crippen molar-refractivity contribution in [1.82, 2.24) is 10.9 Å². The number of hydrazine groups is 1. The summed E-state index contributed by atoms with van der Waals surface area (Å²) in [5.74, 6) is -0.506. The highest BCUT2D eigenvalue weighted by atomic mass is 35.5. The van der Waals surface area contributed by atoms with Gasteiger partial charge >= 0.3 is 0 Å². The largest absolute Gasteiger partial charge is 0.303 e. The summed E-state index contributed by atoms with van der Waals surface area (Å²) >= 11 is 12.7. The first-order valence-electron chi connectivity index (χ1n) is 9.64. The van der Waals surface area contributed by atoms with Crippen LogP contribution in [0.15, 0.2) is 72.8 Å². The van der Waals surface area contributed by atoms with Gasteiger partial charge in [-0.1, -0.05) is 59.6 Å². The van der Waals surface area contributed by atoms with E-state index in [1.54, 1.807) is 29.2 Å². The Balaban J connectivity index is 1.65. The van der Waals surface area contributed by atoms with E-state index in [0.717, 1.165) is 16.8 Å². The lowest BCUT2D eigenvalue weighted by atomic mass is 9.83. The van der Waals surface area contributed by atoms with Gasteiger partial charge in [-0.15, -0.1) is 0 Å². The fourth-order valence-electron chi connectivity index (χ4n) is 4.55. The number of benzene rings is 3. The van der Waals surface area contributed by atoms with Crippen LogP contribution in [0, 0.1) is 11.7 Å². The Bertz CT molecular complexity index is 1090. The van der Waals surface area contributed by atoms with Gasteiger partial charge in [0.1, 0.15) is 11.9 Å². The SMILES string of the molecule is O=C1C2NNC(c3ccc(F)cc3)C2C(c2ccc(Cl)cc2Cl)N1c1ccccc1. The molecule has 4 atom stereocenters. The number of para-hydroxylation sites is 1. The van der Waals surface area contributed by atoms with Gasteiger partial charge in [-0.05, 0) is 47.5 Å². The van der Waals surface area contributed by atoms with Gasteiger partial charge < -0.3 is 4.90 Å². The predicted molar refractivity (Wildman–Crippen MR) is 116 cm³/mol.